The summed E-state index contributed by atoms with van der Waals surface area (Å²) < 4.78 is 127. The predicted molar refractivity (Wildman–Crippen MR) is 143 cm³/mol. The van der Waals surface area contributed by atoms with Crippen molar-refractivity contribution in [1.82, 2.24) is 0 Å². The summed E-state index contributed by atoms with van der Waals surface area (Å²) in [5.41, 5.74) is 6.78. The van der Waals surface area contributed by atoms with Crippen LogP contribution in [0.25, 0.3) is 0 Å². The number of nitrogens with zero attached hydrogens (tertiary/aromatic N) is 1. The Balaban J connectivity index is 0.000000238. The van der Waals surface area contributed by atoms with Crippen molar-refractivity contribution < 1.29 is 52.8 Å². The smallest absolute Gasteiger partial charge is 0.370 e. The summed E-state index contributed by atoms with van der Waals surface area (Å²) in [6.07, 6.45) is -8.44. The molecule has 2 aliphatic rings. The molecule has 0 saturated heterocycles. The van der Waals surface area contributed by atoms with E-state index in [-0.39, 0.29) is 16.7 Å². The molecule has 2 saturated carbocycles. The number of amides is 1. The number of carbonyl (C=O) groups excluding carboxylic acids is 2. The minimum absolute atomic E-state index is 0.0484. The summed E-state index contributed by atoms with van der Waals surface area (Å²) in [5, 5.41) is -2.62. The van der Waals surface area contributed by atoms with E-state index in [0.717, 1.165) is 12.1 Å². The molecule has 2 aromatic carbocycles. The molecule has 4 N–H and O–H groups in total. The Morgan fingerprint density at radius 2 is 1.09 bits per heavy atom. The fourth-order valence-corrected chi connectivity index (χ4v) is 8.09. The average Bonchev–Trinajstić information content (AvgIpc) is 3.74. The molecule has 0 radical (unpaired) electrons. The van der Waals surface area contributed by atoms with Gasteiger partial charge in [0.25, 0.3) is 11.1 Å². The highest BCUT2D eigenvalue weighted by Crippen LogP contribution is 2.43. The van der Waals surface area contributed by atoms with Gasteiger partial charge in [-0.15, -0.1) is 0 Å². The number of rotatable bonds is 6. The minimum Gasteiger partial charge on any atom is -0.370 e. The topological polar surface area (TPSA) is 167 Å². The van der Waals surface area contributed by atoms with Crippen molar-refractivity contribution in [3.8, 4) is 0 Å². The molecule has 0 unspecified atom stereocenters. The number of nitrogens with two attached hydrogens (primary N) is 2. The summed E-state index contributed by atoms with van der Waals surface area (Å²) in [6.45, 7) is 2.67. The fraction of sp³-hybridized carbons (Fsp3) is 0.400. The zero-order valence-electron chi connectivity index (χ0n) is 22.3. The van der Waals surface area contributed by atoms with Crippen LogP contribution in [0.5, 0.6) is 0 Å². The maximum atomic E-state index is 13.2. The van der Waals surface area contributed by atoms with E-state index >= 15 is 0 Å². The van der Waals surface area contributed by atoms with Crippen molar-refractivity contribution in [2.75, 3.05) is 0 Å². The highest BCUT2D eigenvalue weighted by Gasteiger charge is 2.45. The van der Waals surface area contributed by atoms with Crippen LogP contribution in [0.4, 0.5) is 26.3 Å². The lowest BCUT2D eigenvalue weighted by Crippen LogP contribution is -2.24. The van der Waals surface area contributed by atoms with Crippen LogP contribution in [0, 0.1) is 13.8 Å². The van der Waals surface area contributed by atoms with Crippen LogP contribution in [-0.4, -0.2) is 44.4 Å². The second-order valence-corrected chi connectivity index (χ2v) is 14.7. The molecule has 43 heavy (non-hydrogen) atoms. The standard InChI is InChI=1S/C13H14F3N3O3S.C12H10ClF3O3S/c1-6-4-10(23(21,22)7-2-3-7)9(13(14,15)16)5-8(6)11(20)19-12(17)18;1-6-4-10(20(18,19)7-2-3-7)9(12(14,15)16)5-8(6)11(13)17/h4-5,7H,2-3H2,1H3,(H4,17,18,19,20);4-5,7H,2-3H2,1H3. The molecule has 0 atom stereocenters. The lowest BCUT2D eigenvalue weighted by atomic mass is 10.0. The number of aliphatic imine (C=N–C) groups is 1. The lowest BCUT2D eigenvalue weighted by molar-refractivity contribution is -0.140. The van der Waals surface area contributed by atoms with E-state index in [4.69, 9.17) is 23.1 Å². The van der Waals surface area contributed by atoms with Gasteiger partial charge in [0.05, 0.1) is 31.4 Å². The lowest BCUT2D eigenvalue weighted by Gasteiger charge is -2.16. The number of benzene rings is 2. The van der Waals surface area contributed by atoms with Crippen LogP contribution < -0.4 is 11.5 Å². The summed E-state index contributed by atoms with van der Waals surface area (Å²) in [6, 6.07) is 2.73. The number of hydrogen-bond donors (Lipinski definition) is 2. The van der Waals surface area contributed by atoms with Gasteiger partial charge in [0, 0.05) is 11.1 Å². The van der Waals surface area contributed by atoms with E-state index in [2.05, 4.69) is 4.99 Å². The third kappa shape index (κ3) is 7.67. The number of aryl methyl sites for hydroxylation is 2. The average molecular weight is 676 g/mol. The third-order valence-electron chi connectivity index (χ3n) is 6.48. The van der Waals surface area contributed by atoms with Crippen LogP contribution in [-0.2, 0) is 32.0 Å². The molecule has 9 nitrogen and oxygen atoms in total. The molecule has 18 heteroatoms. The Morgan fingerprint density at radius 1 is 0.744 bits per heavy atom. The fourth-order valence-electron chi connectivity index (χ4n) is 4.01. The van der Waals surface area contributed by atoms with Gasteiger partial charge in [-0.1, -0.05) is 0 Å². The number of alkyl halides is 6. The molecular formula is C25H24ClF6N3O6S2. The third-order valence-corrected chi connectivity index (χ3v) is 11.3. The van der Waals surface area contributed by atoms with Crippen molar-refractivity contribution in [2.24, 2.45) is 16.5 Å². The van der Waals surface area contributed by atoms with E-state index < -0.39 is 86.1 Å². The molecule has 2 aromatic rings. The summed E-state index contributed by atoms with van der Waals surface area (Å²) in [7, 11) is -8.10. The Labute approximate surface area is 247 Å². The van der Waals surface area contributed by atoms with Crippen LogP contribution in [0.2, 0.25) is 0 Å². The molecule has 0 bridgehead atoms. The zero-order chi connectivity index (χ0) is 32.9. The van der Waals surface area contributed by atoms with E-state index in [1.807, 2.05) is 0 Å². The van der Waals surface area contributed by atoms with Gasteiger partial charge in [-0.3, -0.25) is 9.59 Å². The number of halogens is 7. The number of guanidine groups is 1. The van der Waals surface area contributed by atoms with Gasteiger partial charge >= 0.3 is 12.4 Å². The van der Waals surface area contributed by atoms with Crippen LogP contribution >= 0.6 is 11.6 Å². The molecular weight excluding hydrogens is 652 g/mol. The second-order valence-electron chi connectivity index (χ2n) is 9.93. The van der Waals surface area contributed by atoms with Gasteiger partial charge in [-0.05, 0) is 86.5 Å². The minimum atomic E-state index is -4.93. The molecule has 2 aliphatic carbocycles. The summed E-state index contributed by atoms with van der Waals surface area (Å²) in [5.74, 6) is -1.67. The molecule has 0 spiro atoms. The van der Waals surface area contributed by atoms with Gasteiger partial charge in [0.1, 0.15) is 0 Å². The SMILES string of the molecule is Cc1cc(S(=O)(=O)C2CC2)c(C(F)(F)F)cc1C(=O)Cl.Cc1cc(S(=O)(=O)C2CC2)c(C(F)(F)F)cc1C(=O)N=C(N)N. The Morgan fingerprint density at radius 3 is 1.40 bits per heavy atom. The second kappa shape index (κ2) is 11.7. The molecule has 0 aromatic heterocycles. The Hall–Kier alpha value is -3.18. The largest absolute Gasteiger partial charge is 0.417 e. The van der Waals surface area contributed by atoms with Crippen LogP contribution in [0.15, 0.2) is 39.0 Å². The number of hydrogen-bond acceptors (Lipinski definition) is 6. The van der Waals surface area contributed by atoms with E-state index in [1.165, 1.54) is 13.8 Å². The van der Waals surface area contributed by atoms with Gasteiger partial charge in [-0.2, -0.15) is 31.3 Å². The van der Waals surface area contributed by atoms with Gasteiger partial charge in [0.15, 0.2) is 25.6 Å². The summed E-state index contributed by atoms with van der Waals surface area (Å²) in [4.78, 5) is 24.5. The van der Waals surface area contributed by atoms with Gasteiger partial charge in [-0.25, -0.2) is 16.8 Å². The van der Waals surface area contributed by atoms with Crippen molar-refractivity contribution in [3.63, 3.8) is 0 Å². The maximum absolute atomic E-state index is 13.2. The quantitative estimate of drug-likeness (QED) is 0.192. The molecule has 1 amide bonds. The Bertz CT molecular complexity index is 1730. The molecule has 0 heterocycles. The van der Waals surface area contributed by atoms with Crippen molar-refractivity contribution in [3.05, 3.63) is 57.6 Å². The monoisotopic (exact) mass is 675 g/mol. The van der Waals surface area contributed by atoms with Crippen molar-refractivity contribution >= 4 is 48.4 Å². The van der Waals surface area contributed by atoms with Crippen molar-refractivity contribution in [2.45, 2.75) is 72.2 Å². The predicted octanol–water partition coefficient (Wildman–Crippen LogP) is 4.69. The zero-order valence-corrected chi connectivity index (χ0v) is 24.7. The molecule has 2 fully saturated rings. The van der Waals surface area contributed by atoms with E-state index in [9.17, 15) is 52.8 Å². The normalized spacial score (nSPS) is 15.7. The molecule has 236 valence electrons. The Kier molecular flexibility index (Phi) is 9.36. The van der Waals surface area contributed by atoms with E-state index in [0.29, 0.717) is 37.8 Å². The maximum Gasteiger partial charge on any atom is 0.417 e. The van der Waals surface area contributed by atoms with Crippen molar-refractivity contribution in [1.29, 1.82) is 0 Å². The van der Waals surface area contributed by atoms with Crippen LogP contribution in [0.3, 0.4) is 0 Å². The highest BCUT2D eigenvalue weighted by atomic mass is 35.5. The van der Waals surface area contributed by atoms with E-state index in [1.54, 1.807) is 0 Å². The first kappa shape index (κ1) is 34.3. The first-order valence-corrected chi connectivity index (χ1v) is 15.7. The summed E-state index contributed by atoms with van der Waals surface area (Å²) >= 11 is 5.22. The number of carbonyl (C=O) groups is 2. The highest BCUT2D eigenvalue weighted by molar-refractivity contribution is 7.92. The molecule has 4 rings (SSSR count). The first-order valence-electron chi connectivity index (χ1n) is 12.2. The number of sulfone groups is 2. The van der Waals surface area contributed by atoms with Gasteiger partial charge in [0.2, 0.25) is 0 Å². The first-order chi connectivity index (χ1) is 19.5. The molecule has 0 aliphatic heterocycles. The van der Waals surface area contributed by atoms with Crippen LogP contribution in [0.1, 0.15) is 68.7 Å². The van der Waals surface area contributed by atoms with Gasteiger partial charge < -0.3 is 11.5 Å².